The topological polar surface area (TPSA) is 76.7 Å². The zero-order valence-electron chi connectivity index (χ0n) is 10.5. The largest absolute Gasteiger partial charge is 0.382 e. The highest BCUT2D eigenvalue weighted by atomic mass is 35.5. The highest BCUT2D eigenvalue weighted by Crippen LogP contribution is 2.24. The lowest BCUT2D eigenvalue weighted by Crippen LogP contribution is -2.05. The Morgan fingerprint density at radius 3 is 2.85 bits per heavy atom. The van der Waals surface area contributed by atoms with Crippen molar-refractivity contribution in [1.29, 1.82) is 0 Å². The summed E-state index contributed by atoms with van der Waals surface area (Å²) in [6, 6.07) is 9.99. The Labute approximate surface area is 120 Å². The van der Waals surface area contributed by atoms with Crippen LogP contribution >= 0.6 is 11.6 Å². The zero-order valence-corrected chi connectivity index (χ0v) is 11.3. The van der Waals surface area contributed by atoms with Gasteiger partial charge in [0.05, 0.1) is 5.52 Å². The molecule has 0 amide bonds. The molecule has 3 aromatic rings. The van der Waals surface area contributed by atoms with Gasteiger partial charge in [-0.15, -0.1) is 0 Å². The number of hydrogen-bond donors (Lipinski definition) is 2. The lowest BCUT2D eigenvalue weighted by atomic mass is 10.1. The van der Waals surface area contributed by atoms with Gasteiger partial charge in [-0.3, -0.25) is 4.98 Å². The third-order valence-corrected chi connectivity index (χ3v) is 3.35. The van der Waals surface area contributed by atoms with Crippen LogP contribution in [0.5, 0.6) is 0 Å². The zero-order chi connectivity index (χ0) is 13.9. The van der Waals surface area contributed by atoms with Crippen LogP contribution in [-0.4, -0.2) is 15.0 Å². The van der Waals surface area contributed by atoms with Crippen molar-refractivity contribution in [2.24, 2.45) is 0 Å². The van der Waals surface area contributed by atoms with E-state index >= 15 is 0 Å². The van der Waals surface area contributed by atoms with E-state index in [9.17, 15) is 0 Å². The molecule has 20 heavy (non-hydrogen) atoms. The minimum atomic E-state index is 0.264. The molecule has 0 bridgehead atoms. The Morgan fingerprint density at radius 2 is 1.95 bits per heavy atom. The molecule has 5 nitrogen and oxygen atoms in total. The fourth-order valence-corrected chi connectivity index (χ4v) is 2.16. The molecule has 2 heterocycles. The van der Waals surface area contributed by atoms with Crippen LogP contribution in [0.2, 0.25) is 5.02 Å². The van der Waals surface area contributed by atoms with E-state index in [1.54, 1.807) is 6.20 Å². The first-order valence-electron chi connectivity index (χ1n) is 6.08. The van der Waals surface area contributed by atoms with Crippen LogP contribution < -0.4 is 11.1 Å². The predicted molar refractivity (Wildman–Crippen MR) is 80.5 cm³/mol. The number of nitrogens with two attached hydrogens (primary N) is 1. The summed E-state index contributed by atoms with van der Waals surface area (Å²) >= 11 is 6.05. The quantitative estimate of drug-likeness (QED) is 0.774. The second kappa shape index (κ2) is 5.30. The number of halogens is 1. The van der Waals surface area contributed by atoms with Crippen LogP contribution in [0, 0.1) is 0 Å². The first-order chi connectivity index (χ1) is 9.75. The normalized spacial score (nSPS) is 10.7. The van der Waals surface area contributed by atoms with Crippen LogP contribution in [-0.2, 0) is 6.54 Å². The third kappa shape index (κ3) is 2.35. The summed E-state index contributed by atoms with van der Waals surface area (Å²) < 4.78 is 0. The van der Waals surface area contributed by atoms with Crippen molar-refractivity contribution in [2.75, 3.05) is 11.1 Å². The summed E-state index contributed by atoms with van der Waals surface area (Å²) in [6.07, 6.45) is 3.16. The average Bonchev–Trinajstić information content (AvgIpc) is 2.49. The molecule has 0 saturated heterocycles. The molecule has 0 saturated carbocycles. The fourth-order valence-electron chi connectivity index (χ4n) is 2.00. The van der Waals surface area contributed by atoms with Gasteiger partial charge in [-0.25, -0.2) is 9.97 Å². The molecule has 0 radical (unpaired) electrons. The Hall–Kier alpha value is -2.40. The minimum Gasteiger partial charge on any atom is -0.382 e. The minimum absolute atomic E-state index is 0.264. The van der Waals surface area contributed by atoms with Crippen molar-refractivity contribution in [2.45, 2.75) is 6.54 Å². The number of fused-ring (bicyclic) bond motifs is 1. The number of benzene rings is 1. The summed E-state index contributed by atoms with van der Waals surface area (Å²) in [5.74, 6) is 0.785. The van der Waals surface area contributed by atoms with Gasteiger partial charge in [-0.05, 0) is 11.6 Å². The molecule has 0 spiro atoms. The Balaban J connectivity index is 1.89. The van der Waals surface area contributed by atoms with Gasteiger partial charge in [-0.1, -0.05) is 35.9 Å². The molecule has 6 heteroatoms. The monoisotopic (exact) mass is 285 g/mol. The molecule has 2 aromatic heterocycles. The van der Waals surface area contributed by atoms with Gasteiger partial charge in [0, 0.05) is 18.1 Å². The fraction of sp³-hybridized carbons (Fsp3) is 0.0714. The first kappa shape index (κ1) is 12.6. The number of rotatable bonds is 3. The van der Waals surface area contributed by atoms with Crippen LogP contribution in [0.25, 0.3) is 10.9 Å². The molecule has 1 aromatic carbocycles. The Bertz CT molecular complexity index is 754. The van der Waals surface area contributed by atoms with Gasteiger partial charge in [0.15, 0.2) is 5.82 Å². The van der Waals surface area contributed by atoms with Crippen molar-refractivity contribution in [3.8, 4) is 0 Å². The first-order valence-corrected chi connectivity index (χ1v) is 6.46. The maximum Gasteiger partial charge on any atom is 0.150 e. The standard InChI is InChI=1S/C14H12ClN5/c15-11-13(16)19-8-20-14(11)18-7-10-4-1-3-9-5-2-6-17-12(9)10/h1-6,8H,7H2,(H3,16,18,19,20). The summed E-state index contributed by atoms with van der Waals surface area (Å²) in [4.78, 5) is 12.3. The second-order valence-corrected chi connectivity index (χ2v) is 4.65. The van der Waals surface area contributed by atoms with E-state index < -0.39 is 0 Å². The predicted octanol–water partition coefficient (Wildman–Crippen LogP) is 2.87. The van der Waals surface area contributed by atoms with Crippen molar-refractivity contribution in [3.05, 3.63) is 53.4 Å². The van der Waals surface area contributed by atoms with E-state index in [0.717, 1.165) is 16.5 Å². The molecular formula is C14H12ClN5. The summed E-state index contributed by atoms with van der Waals surface area (Å²) in [7, 11) is 0. The summed E-state index contributed by atoms with van der Waals surface area (Å²) in [6.45, 7) is 0.560. The molecule has 3 rings (SSSR count). The lowest BCUT2D eigenvalue weighted by Gasteiger charge is -2.09. The van der Waals surface area contributed by atoms with E-state index in [2.05, 4.69) is 20.3 Å². The number of para-hydroxylation sites is 1. The maximum absolute atomic E-state index is 6.05. The average molecular weight is 286 g/mol. The molecule has 0 aliphatic rings. The molecular weight excluding hydrogens is 274 g/mol. The number of hydrogen-bond acceptors (Lipinski definition) is 5. The molecule has 100 valence electrons. The van der Waals surface area contributed by atoms with Gasteiger partial charge in [0.1, 0.15) is 17.2 Å². The molecule has 0 aliphatic carbocycles. The van der Waals surface area contributed by atoms with E-state index in [4.69, 9.17) is 17.3 Å². The Morgan fingerprint density at radius 1 is 1.10 bits per heavy atom. The van der Waals surface area contributed by atoms with E-state index in [-0.39, 0.29) is 5.82 Å². The van der Waals surface area contributed by atoms with E-state index in [1.165, 1.54) is 6.33 Å². The highest BCUT2D eigenvalue weighted by Gasteiger charge is 2.07. The van der Waals surface area contributed by atoms with Gasteiger partial charge in [-0.2, -0.15) is 0 Å². The number of nitrogens with one attached hydrogen (secondary N) is 1. The molecule has 0 aliphatic heterocycles. The number of anilines is 2. The van der Waals surface area contributed by atoms with Gasteiger partial charge in [0.2, 0.25) is 0 Å². The molecule has 0 unspecified atom stereocenters. The number of nitrogens with zero attached hydrogens (tertiary/aromatic N) is 3. The maximum atomic E-state index is 6.05. The number of aromatic nitrogens is 3. The molecule has 0 fully saturated rings. The highest BCUT2D eigenvalue weighted by molar-refractivity contribution is 6.35. The number of pyridine rings is 1. The second-order valence-electron chi connectivity index (χ2n) is 4.27. The van der Waals surface area contributed by atoms with Crippen LogP contribution in [0.4, 0.5) is 11.6 Å². The summed E-state index contributed by atoms with van der Waals surface area (Å²) in [5, 5.41) is 4.59. The van der Waals surface area contributed by atoms with Gasteiger partial charge in [0.25, 0.3) is 0 Å². The SMILES string of the molecule is Nc1ncnc(NCc2cccc3cccnc23)c1Cl. The van der Waals surface area contributed by atoms with Crippen molar-refractivity contribution in [1.82, 2.24) is 15.0 Å². The number of nitrogen functional groups attached to an aromatic ring is 1. The van der Waals surface area contributed by atoms with Gasteiger partial charge < -0.3 is 11.1 Å². The van der Waals surface area contributed by atoms with Crippen LogP contribution in [0.1, 0.15) is 5.56 Å². The van der Waals surface area contributed by atoms with E-state index in [0.29, 0.717) is 17.4 Å². The van der Waals surface area contributed by atoms with Crippen LogP contribution in [0.15, 0.2) is 42.9 Å². The van der Waals surface area contributed by atoms with Crippen molar-refractivity contribution < 1.29 is 0 Å². The third-order valence-electron chi connectivity index (χ3n) is 2.98. The smallest absolute Gasteiger partial charge is 0.150 e. The summed E-state index contributed by atoms with van der Waals surface area (Å²) in [5.41, 5.74) is 7.67. The van der Waals surface area contributed by atoms with Crippen molar-refractivity contribution in [3.63, 3.8) is 0 Å². The van der Waals surface area contributed by atoms with Gasteiger partial charge >= 0.3 is 0 Å². The Kier molecular flexibility index (Phi) is 3.35. The van der Waals surface area contributed by atoms with E-state index in [1.807, 2.05) is 30.3 Å². The van der Waals surface area contributed by atoms with Crippen molar-refractivity contribution >= 4 is 34.1 Å². The lowest BCUT2D eigenvalue weighted by molar-refractivity contribution is 1.09. The van der Waals surface area contributed by atoms with Crippen LogP contribution in [0.3, 0.4) is 0 Å². The molecule has 0 atom stereocenters. The molecule has 3 N–H and O–H groups in total.